The molecule has 2 aliphatic heterocycles. The summed E-state index contributed by atoms with van der Waals surface area (Å²) < 4.78 is 5.94. The molecule has 2 heterocycles. The normalized spacial score (nSPS) is 17.9. The van der Waals surface area contributed by atoms with E-state index in [1.807, 2.05) is 36.9 Å². The largest absolute Gasteiger partial charge is 0.508 e. The summed E-state index contributed by atoms with van der Waals surface area (Å²) in [5.74, 6) is 2.15. The Morgan fingerprint density at radius 1 is 1.17 bits per heavy atom. The van der Waals surface area contributed by atoms with E-state index >= 15 is 0 Å². The Balaban J connectivity index is 1.43. The number of Topliss-reactive ketones (excluding diaryl/α,β-unsaturated/α-hetero) is 1. The first kappa shape index (κ1) is 25.4. The number of hydrogen-bond acceptors (Lipinski definition) is 5. The quantitative estimate of drug-likeness (QED) is 0.452. The van der Waals surface area contributed by atoms with Crippen LogP contribution in [0, 0.1) is 11.8 Å². The molecule has 1 unspecified atom stereocenters. The van der Waals surface area contributed by atoms with Gasteiger partial charge in [-0.1, -0.05) is 52.0 Å². The Kier molecular flexibility index (Phi) is 7.62. The average molecular weight is 493 g/mol. The molecule has 0 aromatic heterocycles. The third kappa shape index (κ3) is 5.29. The first-order valence-electron chi connectivity index (χ1n) is 12.6. The topological polar surface area (TPSA) is 53.0 Å². The van der Waals surface area contributed by atoms with Gasteiger partial charge in [-0.15, -0.1) is 0 Å². The zero-order valence-electron chi connectivity index (χ0n) is 21.2. The molecule has 1 N–H and O–H groups in total. The molecule has 0 amide bonds. The van der Waals surface area contributed by atoms with Gasteiger partial charge in [0.15, 0.2) is 5.88 Å². The van der Waals surface area contributed by atoms with Gasteiger partial charge in [-0.2, -0.15) is 0 Å². The van der Waals surface area contributed by atoms with Crippen molar-refractivity contribution in [2.24, 2.45) is 11.8 Å². The average Bonchev–Trinajstić information content (AvgIpc) is 2.84. The van der Waals surface area contributed by atoms with Gasteiger partial charge in [0.2, 0.25) is 0 Å². The molecule has 186 valence electrons. The van der Waals surface area contributed by atoms with Crippen LogP contribution in [0.25, 0.3) is 0 Å². The van der Waals surface area contributed by atoms with Crippen LogP contribution in [0.4, 0.5) is 5.69 Å². The lowest BCUT2D eigenvalue weighted by Gasteiger charge is -2.33. The summed E-state index contributed by atoms with van der Waals surface area (Å²) in [6.45, 7) is 15.1. The number of phenolic OH excluding ortho intramolecular Hbond substituents is 1. The number of likely N-dealkylation sites (tertiary alicyclic amines) is 1. The highest BCUT2D eigenvalue weighted by Crippen LogP contribution is 2.39. The number of ketones is 1. The van der Waals surface area contributed by atoms with Crippen LogP contribution in [0.5, 0.6) is 11.5 Å². The first-order chi connectivity index (χ1) is 16.7. The molecule has 0 spiro atoms. The van der Waals surface area contributed by atoms with E-state index in [4.69, 9.17) is 17.0 Å². The lowest BCUT2D eigenvalue weighted by atomic mass is 9.85. The van der Waals surface area contributed by atoms with Crippen LogP contribution in [0.15, 0.2) is 48.9 Å². The fraction of sp³-hybridized carbons (Fsp3) is 0.448. The minimum Gasteiger partial charge on any atom is -0.508 e. The summed E-state index contributed by atoms with van der Waals surface area (Å²) in [4.78, 5) is 17.4. The maximum atomic E-state index is 12.5. The molecule has 1 fully saturated rings. The number of phenols is 1. The second-order valence-corrected chi connectivity index (χ2v) is 10.5. The molecule has 0 bridgehead atoms. The molecular formula is C29H36N2O3S. The maximum absolute atomic E-state index is 12.5. The number of carbonyl (C=O) groups excluding carboxylic acids is 1. The van der Waals surface area contributed by atoms with E-state index in [-0.39, 0.29) is 23.5 Å². The number of thiocarbonyl (C=S) groups is 1. The van der Waals surface area contributed by atoms with E-state index in [2.05, 4.69) is 37.5 Å². The molecule has 35 heavy (non-hydrogen) atoms. The second kappa shape index (κ2) is 10.5. The Morgan fingerprint density at radius 2 is 1.83 bits per heavy atom. The summed E-state index contributed by atoms with van der Waals surface area (Å²) in [5, 5.41) is 10.3. The summed E-state index contributed by atoms with van der Waals surface area (Å²) in [6.07, 6.45) is 2.83. The van der Waals surface area contributed by atoms with E-state index in [0.717, 1.165) is 55.7 Å². The van der Waals surface area contributed by atoms with Gasteiger partial charge in [0.05, 0.1) is 5.56 Å². The highest BCUT2D eigenvalue weighted by Gasteiger charge is 2.30. The highest BCUT2D eigenvalue weighted by molar-refractivity contribution is 7.81. The summed E-state index contributed by atoms with van der Waals surface area (Å²) in [7, 11) is 0. The third-order valence-electron chi connectivity index (χ3n) is 7.35. The number of nitrogens with zero attached hydrogens (tertiary/aromatic N) is 2. The monoisotopic (exact) mass is 492 g/mol. The van der Waals surface area contributed by atoms with Gasteiger partial charge >= 0.3 is 0 Å². The van der Waals surface area contributed by atoms with Gasteiger partial charge in [-0.3, -0.25) is 14.6 Å². The molecular weight excluding hydrogens is 456 g/mol. The predicted molar refractivity (Wildman–Crippen MR) is 145 cm³/mol. The molecule has 2 aromatic carbocycles. The fourth-order valence-electron chi connectivity index (χ4n) is 4.96. The van der Waals surface area contributed by atoms with Crippen molar-refractivity contribution in [3.05, 3.63) is 65.6 Å². The number of aromatic hydroxyl groups is 1. The van der Waals surface area contributed by atoms with Crippen LogP contribution >= 0.6 is 12.2 Å². The van der Waals surface area contributed by atoms with E-state index in [9.17, 15) is 9.90 Å². The van der Waals surface area contributed by atoms with Crippen LogP contribution in [-0.4, -0.2) is 33.9 Å². The number of hydrogen-bond donors (Lipinski definition) is 1. The number of carbonyl (C=O) groups is 1. The molecule has 5 nitrogen and oxygen atoms in total. The zero-order valence-corrected chi connectivity index (χ0v) is 22.0. The third-order valence-corrected chi connectivity index (χ3v) is 7.75. The van der Waals surface area contributed by atoms with Crippen LogP contribution in [0.2, 0.25) is 0 Å². The summed E-state index contributed by atoms with van der Waals surface area (Å²) >= 11 is 5.82. The zero-order chi connectivity index (χ0) is 25.3. The van der Waals surface area contributed by atoms with Crippen LogP contribution in [-0.2, 0) is 11.3 Å². The Hall–Kier alpha value is -2.70. The molecule has 1 atom stereocenters. The second-order valence-electron chi connectivity index (χ2n) is 10.1. The van der Waals surface area contributed by atoms with E-state index in [1.54, 1.807) is 6.07 Å². The Labute approximate surface area is 214 Å². The fourth-order valence-corrected chi connectivity index (χ4v) is 5.32. The van der Waals surface area contributed by atoms with E-state index < -0.39 is 0 Å². The van der Waals surface area contributed by atoms with E-state index in [1.165, 1.54) is 5.56 Å². The van der Waals surface area contributed by atoms with Gasteiger partial charge in [0, 0.05) is 30.1 Å². The van der Waals surface area contributed by atoms with Crippen molar-refractivity contribution in [3.8, 4) is 11.5 Å². The molecule has 0 aliphatic carbocycles. The lowest BCUT2D eigenvalue weighted by molar-refractivity contribution is -0.127. The van der Waals surface area contributed by atoms with Crippen LogP contribution < -0.4 is 9.64 Å². The van der Waals surface area contributed by atoms with E-state index in [0.29, 0.717) is 22.4 Å². The Morgan fingerprint density at radius 3 is 2.43 bits per heavy atom. The maximum Gasteiger partial charge on any atom is 0.198 e. The number of ether oxygens (including phenoxy) is 1. The number of rotatable bonds is 7. The lowest BCUT2D eigenvalue weighted by Crippen LogP contribution is -2.37. The minimum atomic E-state index is 0.166. The summed E-state index contributed by atoms with van der Waals surface area (Å²) in [6, 6.07) is 11.9. The standard InChI is InChI=1S/C29H36N2O3S/c1-6-19(4)28(33)22-11-13-30(14-12-22)17-21-7-9-23(10-8-21)31-20(5)34-27-16-26(32)24(18(2)3)15-25(27)29(31)35/h7-10,15-16,18-19,22,32H,5-6,11-14,17H2,1-4H3. The van der Waals surface area contributed by atoms with Gasteiger partial charge in [-0.05, 0) is 74.2 Å². The van der Waals surface area contributed by atoms with Gasteiger partial charge in [0.1, 0.15) is 22.3 Å². The first-order valence-corrected chi connectivity index (χ1v) is 13.0. The van der Waals surface area contributed by atoms with Crippen molar-refractivity contribution in [3.63, 3.8) is 0 Å². The molecule has 0 saturated carbocycles. The smallest absolute Gasteiger partial charge is 0.198 e. The summed E-state index contributed by atoms with van der Waals surface area (Å²) in [5.41, 5.74) is 3.74. The predicted octanol–water partition coefficient (Wildman–Crippen LogP) is 6.39. The molecule has 2 aromatic rings. The number of fused-ring (bicyclic) bond motifs is 1. The van der Waals surface area contributed by atoms with Crippen molar-refractivity contribution < 1.29 is 14.6 Å². The SMILES string of the molecule is C=C1Oc2cc(O)c(C(C)C)cc2C(=S)N1c1ccc(CN2CCC(C(=O)C(C)CC)CC2)cc1. The molecule has 1 saturated heterocycles. The van der Waals surface area contributed by atoms with Gasteiger partial charge in [0.25, 0.3) is 0 Å². The van der Waals surface area contributed by atoms with Crippen molar-refractivity contribution in [2.75, 3.05) is 18.0 Å². The molecule has 4 rings (SSSR count). The minimum absolute atomic E-state index is 0.166. The number of benzene rings is 2. The van der Waals surface area contributed by atoms with Crippen molar-refractivity contribution in [1.29, 1.82) is 0 Å². The van der Waals surface area contributed by atoms with Crippen LogP contribution in [0.3, 0.4) is 0 Å². The van der Waals surface area contributed by atoms with Crippen molar-refractivity contribution in [2.45, 2.75) is 59.4 Å². The molecule has 2 aliphatic rings. The Bertz CT molecular complexity index is 1120. The van der Waals surface area contributed by atoms with Crippen molar-refractivity contribution in [1.82, 2.24) is 4.90 Å². The van der Waals surface area contributed by atoms with Gasteiger partial charge in [-0.25, -0.2) is 0 Å². The molecule has 6 heteroatoms. The molecule has 0 radical (unpaired) electrons. The number of piperidine rings is 1. The van der Waals surface area contributed by atoms with Crippen LogP contribution in [0.1, 0.15) is 69.6 Å². The highest BCUT2D eigenvalue weighted by atomic mass is 32.1. The van der Waals surface area contributed by atoms with Gasteiger partial charge < -0.3 is 9.84 Å². The van der Waals surface area contributed by atoms with Crippen molar-refractivity contribution >= 4 is 28.7 Å². The number of anilines is 1.